The molecule has 66 valence electrons. The molecule has 0 N–H and O–H groups in total. The number of methoxy groups -OCH3 is 1. The smallest absolute Gasteiger partial charge is 0.123 e. The van der Waals surface area contributed by atoms with Gasteiger partial charge >= 0.3 is 0 Å². The van der Waals surface area contributed by atoms with E-state index in [1.807, 2.05) is 13.0 Å². The zero-order valence-corrected chi connectivity index (χ0v) is 10.2. The third-order valence-electron chi connectivity index (χ3n) is 1.71. The molecule has 0 aliphatic heterocycles. The Kier molecular flexibility index (Phi) is 3.59. The molecule has 0 fully saturated rings. The van der Waals surface area contributed by atoms with Gasteiger partial charge in [0.05, 0.1) is 7.11 Å². The Morgan fingerprint density at radius 2 is 2.08 bits per heavy atom. The van der Waals surface area contributed by atoms with Gasteiger partial charge in [0.25, 0.3) is 0 Å². The number of hydrogen-bond donors (Lipinski definition) is 0. The van der Waals surface area contributed by atoms with E-state index in [1.54, 1.807) is 7.11 Å². The summed E-state index contributed by atoms with van der Waals surface area (Å²) in [4.78, 5) is 0. The topological polar surface area (TPSA) is 9.23 Å². The van der Waals surface area contributed by atoms with Gasteiger partial charge in [0, 0.05) is 15.4 Å². The second-order valence-corrected chi connectivity index (χ2v) is 3.96. The molecule has 12 heavy (non-hydrogen) atoms. The molecular formula is C9H10Br2O. The Bertz CT molecular complexity index is 255. The lowest BCUT2D eigenvalue weighted by molar-refractivity contribution is 0.411. The van der Waals surface area contributed by atoms with Crippen LogP contribution < -0.4 is 4.74 Å². The molecule has 0 aromatic heterocycles. The van der Waals surface area contributed by atoms with E-state index < -0.39 is 0 Å². The Balaban J connectivity index is 3.19. The van der Waals surface area contributed by atoms with Gasteiger partial charge in [0.15, 0.2) is 0 Å². The summed E-state index contributed by atoms with van der Waals surface area (Å²) in [5.74, 6) is 0.938. The highest BCUT2D eigenvalue weighted by molar-refractivity contribution is 9.10. The van der Waals surface area contributed by atoms with Crippen molar-refractivity contribution in [1.82, 2.24) is 0 Å². The summed E-state index contributed by atoms with van der Waals surface area (Å²) in [6, 6.07) is 4.10. The average molecular weight is 294 g/mol. The third-order valence-corrected chi connectivity index (χ3v) is 3.16. The van der Waals surface area contributed by atoms with Crippen LogP contribution in [-0.4, -0.2) is 7.11 Å². The molecule has 0 amide bonds. The monoisotopic (exact) mass is 292 g/mol. The predicted molar refractivity (Wildman–Crippen MR) is 58.1 cm³/mol. The molecule has 1 aromatic carbocycles. The molecule has 1 nitrogen and oxygen atoms in total. The quantitative estimate of drug-likeness (QED) is 0.756. The summed E-state index contributed by atoms with van der Waals surface area (Å²) >= 11 is 6.88. The van der Waals surface area contributed by atoms with Crippen LogP contribution >= 0.6 is 31.9 Å². The maximum Gasteiger partial charge on any atom is 0.123 e. The van der Waals surface area contributed by atoms with Crippen molar-refractivity contribution in [1.29, 1.82) is 0 Å². The number of hydrogen-bond acceptors (Lipinski definition) is 1. The Hall–Kier alpha value is -0.0200. The van der Waals surface area contributed by atoms with E-state index >= 15 is 0 Å². The van der Waals surface area contributed by atoms with Crippen molar-refractivity contribution in [3.8, 4) is 5.75 Å². The van der Waals surface area contributed by atoms with Gasteiger partial charge in [0.1, 0.15) is 5.75 Å². The fraction of sp³-hybridized carbons (Fsp3) is 0.333. The number of ether oxygens (including phenoxy) is 1. The molecule has 0 saturated heterocycles. The molecule has 0 aliphatic rings. The standard InChI is InChI=1S/C9H10Br2O/c1-6-3-9(12-2)7(5-10)4-8(6)11/h3-4H,5H2,1-2H3. The van der Waals surface area contributed by atoms with E-state index in [1.165, 1.54) is 5.56 Å². The van der Waals surface area contributed by atoms with Gasteiger partial charge in [-0.05, 0) is 24.6 Å². The minimum atomic E-state index is 0.815. The summed E-state index contributed by atoms with van der Waals surface area (Å²) in [6.45, 7) is 2.05. The zero-order valence-electron chi connectivity index (χ0n) is 7.03. The number of benzene rings is 1. The molecule has 1 aromatic rings. The van der Waals surface area contributed by atoms with Crippen LogP contribution in [0.15, 0.2) is 16.6 Å². The van der Waals surface area contributed by atoms with Gasteiger partial charge in [-0.1, -0.05) is 31.9 Å². The summed E-state index contributed by atoms with van der Waals surface area (Å²) in [7, 11) is 1.69. The van der Waals surface area contributed by atoms with Crippen LogP contribution in [-0.2, 0) is 5.33 Å². The lowest BCUT2D eigenvalue weighted by Crippen LogP contribution is -1.90. The third kappa shape index (κ3) is 2.02. The normalized spacial score (nSPS) is 10.0. The van der Waals surface area contributed by atoms with E-state index in [-0.39, 0.29) is 0 Å². The van der Waals surface area contributed by atoms with Crippen LogP contribution in [0.3, 0.4) is 0 Å². The highest BCUT2D eigenvalue weighted by Gasteiger charge is 2.04. The van der Waals surface area contributed by atoms with Crippen LogP contribution in [0.5, 0.6) is 5.75 Å². The van der Waals surface area contributed by atoms with Crippen molar-refractivity contribution >= 4 is 31.9 Å². The number of aryl methyl sites for hydroxylation is 1. The number of halogens is 2. The van der Waals surface area contributed by atoms with Crippen LogP contribution in [0.1, 0.15) is 11.1 Å². The summed E-state index contributed by atoms with van der Waals surface area (Å²) in [6.07, 6.45) is 0. The lowest BCUT2D eigenvalue weighted by Gasteiger charge is -2.08. The van der Waals surface area contributed by atoms with Gasteiger partial charge < -0.3 is 4.74 Å². The molecule has 0 spiro atoms. The number of alkyl halides is 1. The van der Waals surface area contributed by atoms with Crippen molar-refractivity contribution in [2.45, 2.75) is 12.3 Å². The first kappa shape index (κ1) is 10.1. The average Bonchev–Trinajstić information content (AvgIpc) is 2.09. The van der Waals surface area contributed by atoms with Crippen molar-refractivity contribution in [3.63, 3.8) is 0 Å². The molecule has 0 heterocycles. The van der Waals surface area contributed by atoms with Crippen LogP contribution in [0, 0.1) is 6.92 Å². The second kappa shape index (κ2) is 4.28. The summed E-state index contributed by atoms with van der Waals surface area (Å²) in [5, 5.41) is 0.815. The molecule has 0 radical (unpaired) electrons. The first-order valence-electron chi connectivity index (χ1n) is 3.58. The minimum absolute atomic E-state index is 0.815. The zero-order chi connectivity index (χ0) is 9.14. The molecule has 1 rings (SSSR count). The van der Waals surface area contributed by atoms with E-state index in [9.17, 15) is 0 Å². The molecule has 0 unspecified atom stereocenters. The molecule has 0 aliphatic carbocycles. The van der Waals surface area contributed by atoms with Gasteiger partial charge in [-0.25, -0.2) is 0 Å². The van der Waals surface area contributed by atoms with Gasteiger partial charge in [-0.15, -0.1) is 0 Å². The molecule has 0 bridgehead atoms. The van der Waals surface area contributed by atoms with E-state index in [4.69, 9.17) is 4.74 Å². The largest absolute Gasteiger partial charge is 0.496 e. The van der Waals surface area contributed by atoms with Crippen molar-refractivity contribution < 1.29 is 4.74 Å². The fourth-order valence-electron chi connectivity index (χ4n) is 0.991. The first-order valence-corrected chi connectivity index (χ1v) is 5.49. The summed E-state index contributed by atoms with van der Waals surface area (Å²) < 4.78 is 6.34. The van der Waals surface area contributed by atoms with E-state index in [2.05, 4.69) is 37.9 Å². The van der Waals surface area contributed by atoms with Crippen molar-refractivity contribution in [2.24, 2.45) is 0 Å². The van der Waals surface area contributed by atoms with Crippen LogP contribution in [0.25, 0.3) is 0 Å². The van der Waals surface area contributed by atoms with Crippen molar-refractivity contribution in [2.75, 3.05) is 7.11 Å². The van der Waals surface area contributed by atoms with Gasteiger partial charge in [-0.2, -0.15) is 0 Å². The maximum absolute atomic E-state index is 5.22. The van der Waals surface area contributed by atoms with Crippen LogP contribution in [0.4, 0.5) is 0 Å². The maximum atomic E-state index is 5.22. The number of rotatable bonds is 2. The molecule has 0 saturated carbocycles. The predicted octanol–water partition coefficient (Wildman–Crippen LogP) is 3.66. The van der Waals surface area contributed by atoms with E-state index in [0.29, 0.717) is 0 Å². The molecule has 0 atom stereocenters. The lowest BCUT2D eigenvalue weighted by atomic mass is 10.1. The molecular weight excluding hydrogens is 284 g/mol. The SMILES string of the molecule is COc1cc(C)c(Br)cc1CBr. The fourth-order valence-corrected chi connectivity index (χ4v) is 1.82. The second-order valence-electron chi connectivity index (χ2n) is 2.55. The van der Waals surface area contributed by atoms with Gasteiger partial charge in [0.2, 0.25) is 0 Å². The Morgan fingerprint density at radius 1 is 1.42 bits per heavy atom. The Morgan fingerprint density at radius 3 is 2.58 bits per heavy atom. The van der Waals surface area contributed by atoms with Crippen LogP contribution in [0.2, 0.25) is 0 Å². The highest BCUT2D eigenvalue weighted by atomic mass is 79.9. The summed E-state index contributed by atoms with van der Waals surface area (Å²) in [5.41, 5.74) is 2.35. The van der Waals surface area contributed by atoms with Gasteiger partial charge in [-0.3, -0.25) is 0 Å². The Labute approximate surface area is 89.4 Å². The molecule has 3 heteroatoms. The van der Waals surface area contributed by atoms with E-state index in [0.717, 1.165) is 21.1 Å². The van der Waals surface area contributed by atoms with Crippen molar-refractivity contribution in [3.05, 3.63) is 27.7 Å². The first-order chi connectivity index (χ1) is 5.69. The highest BCUT2D eigenvalue weighted by Crippen LogP contribution is 2.28. The minimum Gasteiger partial charge on any atom is -0.496 e.